The SMILES string of the molecule is Cn1ccnc1C(O)(CC(=O)NCCc1ccc(F)c(Br)c1)C(F)(F)F. The first-order valence-electron chi connectivity index (χ1n) is 7.52. The highest BCUT2D eigenvalue weighted by atomic mass is 79.9. The van der Waals surface area contributed by atoms with Crippen LogP contribution in [-0.4, -0.2) is 33.3 Å². The summed E-state index contributed by atoms with van der Waals surface area (Å²) in [5.41, 5.74) is -2.71. The third-order valence-corrected chi connectivity index (χ3v) is 4.40. The van der Waals surface area contributed by atoms with Crippen molar-refractivity contribution in [3.63, 3.8) is 0 Å². The summed E-state index contributed by atoms with van der Waals surface area (Å²) in [5, 5.41) is 12.5. The van der Waals surface area contributed by atoms with Crippen molar-refractivity contribution < 1.29 is 27.5 Å². The summed E-state index contributed by atoms with van der Waals surface area (Å²) in [5.74, 6) is -2.08. The Morgan fingerprint density at radius 2 is 2.08 bits per heavy atom. The Labute approximate surface area is 155 Å². The summed E-state index contributed by atoms with van der Waals surface area (Å²) in [7, 11) is 1.29. The Bertz CT molecular complexity index is 794. The Kier molecular flexibility index (Phi) is 6.07. The lowest BCUT2D eigenvalue weighted by Crippen LogP contribution is -2.48. The highest BCUT2D eigenvalue weighted by Crippen LogP contribution is 2.40. The third-order valence-electron chi connectivity index (χ3n) is 3.80. The van der Waals surface area contributed by atoms with E-state index in [0.717, 1.165) is 10.8 Å². The maximum Gasteiger partial charge on any atom is 0.425 e. The Morgan fingerprint density at radius 1 is 1.38 bits per heavy atom. The smallest absolute Gasteiger partial charge is 0.374 e. The van der Waals surface area contributed by atoms with Crippen LogP contribution in [0.5, 0.6) is 0 Å². The monoisotopic (exact) mass is 437 g/mol. The number of rotatable bonds is 6. The van der Waals surface area contributed by atoms with E-state index < -0.39 is 35.7 Å². The maximum atomic E-state index is 13.4. The van der Waals surface area contributed by atoms with Crippen LogP contribution in [-0.2, 0) is 23.9 Å². The number of nitrogens with zero attached hydrogens (tertiary/aromatic N) is 2. The molecule has 0 spiro atoms. The number of halogens is 5. The minimum atomic E-state index is -5.08. The zero-order chi connectivity index (χ0) is 19.5. The van der Waals surface area contributed by atoms with E-state index in [4.69, 9.17) is 0 Å². The number of hydrogen-bond acceptors (Lipinski definition) is 3. The lowest BCUT2D eigenvalue weighted by Gasteiger charge is -2.29. The molecule has 0 bridgehead atoms. The van der Waals surface area contributed by atoms with E-state index in [1.165, 1.54) is 31.4 Å². The van der Waals surface area contributed by atoms with Crippen LogP contribution in [0.15, 0.2) is 35.1 Å². The van der Waals surface area contributed by atoms with Crippen LogP contribution in [0, 0.1) is 5.82 Å². The van der Waals surface area contributed by atoms with Crippen molar-refractivity contribution in [2.75, 3.05) is 6.54 Å². The van der Waals surface area contributed by atoms with Gasteiger partial charge in [0.1, 0.15) is 5.82 Å². The number of benzene rings is 1. The molecule has 1 aromatic carbocycles. The number of amides is 1. The molecule has 26 heavy (non-hydrogen) atoms. The Morgan fingerprint density at radius 3 is 2.62 bits per heavy atom. The van der Waals surface area contributed by atoms with E-state index in [-0.39, 0.29) is 17.4 Å². The summed E-state index contributed by atoms with van der Waals surface area (Å²) in [6, 6.07) is 4.26. The van der Waals surface area contributed by atoms with Gasteiger partial charge in [-0.3, -0.25) is 4.79 Å². The molecule has 0 radical (unpaired) electrons. The lowest BCUT2D eigenvalue weighted by atomic mass is 9.97. The van der Waals surface area contributed by atoms with E-state index >= 15 is 0 Å². The Balaban J connectivity index is 2.02. The zero-order valence-electron chi connectivity index (χ0n) is 13.6. The molecule has 1 unspecified atom stereocenters. The molecule has 2 N–H and O–H groups in total. The third kappa shape index (κ3) is 4.42. The van der Waals surface area contributed by atoms with Crippen LogP contribution < -0.4 is 5.32 Å². The molecule has 0 aliphatic rings. The number of aliphatic hydroxyl groups is 1. The molecule has 142 valence electrons. The van der Waals surface area contributed by atoms with Crippen LogP contribution in [0.2, 0.25) is 0 Å². The van der Waals surface area contributed by atoms with E-state index in [1.54, 1.807) is 0 Å². The predicted molar refractivity (Wildman–Crippen MR) is 88.6 cm³/mol. The fourth-order valence-corrected chi connectivity index (χ4v) is 2.83. The summed E-state index contributed by atoms with van der Waals surface area (Å²) in [4.78, 5) is 15.5. The second-order valence-corrected chi connectivity index (χ2v) is 6.60. The predicted octanol–water partition coefficient (Wildman–Crippen LogP) is 2.82. The van der Waals surface area contributed by atoms with E-state index in [0.29, 0.717) is 5.56 Å². The van der Waals surface area contributed by atoms with Crippen molar-refractivity contribution >= 4 is 21.8 Å². The number of aromatic nitrogens is 2. The average molecular weight is 438 g/mol. The van der Waals surface area contributed by atoms with Gasteiger partial charge in [-0.25, -0.2) is 9.37 Å². The fourth-order valence-electron chi connectivity index (χ4n) is 2.41. The highest BCUT2D eigenvalue weighted by molar-refractivity contribution is 9.10. The first-order chi connectivity index (χ1) is 12.0. The van der Waals surface area contributed by atoms with Crippen LogP contribution >= 0.6 is 15.9 Å². The van der Waals surface area contributed by atoms with Crippen LogP contribution in [0.1, 0.15) is 17.8 Å². The standard InChI is InChI=1S/C16H16BrF4N3O2/c1-24-7-6-23-14(24)15(26,16(19,20)21)9-13(25)22-5-4-10-2-3-12(18)11(17)8-10/h2-3,6-8,26H,4-5,9H2,1H3,(H,22,25). The minimum absolute atomic E-state index is 0.0331. The van der Waals surface area contributed by atoms with Gasteiger partial charge in [0, 0.05) is 26.0 Å². The molecule has 0 aliphatic heterocycles. The molecule has 1 aromatic heterocycles. The fraction of sp³-hybridized carbons (Fsp3) is 0.375. The summed E-state index contributed by atoms with van der Waals surface area (Å²) in [6.07, 6.45) is -3.65. The number of hydrogen-bond donors (Lipinski definition) is 2. The first-order valence-corrected chi connectivity index (χ1v) is 8.31. The van der Waals surface area contributed by atoms with Gasteiger partial charge in [-0.1, -0.05) is 6.07 Å². The molecule has 0 aliphatic carbocycles. The van der Waals surface area contributed by atoms with Crippen LogP contribution in [0.4, 0.5) is 17.6 Å². The molecule has 5 nitrogen and oxygen atoms in total. The summed E-state index contributed by atoms with van der Waals surface area (Å²) < 4.78 is 54.5. The van der Waals surface area contributed by atoms with E-state index in [2.05, 4.69) is 26.2 Å². The number of imidazole rings is 1. The van der Waals surface area contributed by atoms with Gasteiger partial charge in [0.2, 0.25) is 11.5 Å². The molecule has 2 rings (SSSR count). The number of nitrogens with one attached hydrogen (secondary N) is 1. The van der Waals surface area contributed by atoms with Gasteiger partial charge in [0.25, 0.3) is 0 Å². The van der Waals surface area contributed by atoms with E-state index in [1.807, 2.05) is 0 Å². The van der Waals surface area contributed by atoms with Gasteiger partial charge in [-0.05, 0) is 40.0 Å². The molecule has 1 amide bonds. The van der Waals surface area contributed by atoms with Gasteiger partial charge in [0.15, 0.2) is 5.82 Å². The highest BCUT2D eigenvalue weighted by Gasteiger charge is 2.58. The number of aryl methyl sites for hydroxylation is 1. The maximum absolute atomic E-state index is 13.4. The summed E-state index contributed by atoms with van der Waals surface area (Å²) >= 11 is 3.03. The lowest BCUT2D eigenvalue weighted by molar-refractivity contribution is -0.271. The van der Waals surface area contributed by atoms with Crippen molar-refractivity contribution in [1.82, 2.24) is 14.9 Å². The molecular weight excluding hydrogens is 422 g/mol. The topological polar surface area (TPSA) is 67.1 Å². The minimum Gasteiger partial charge on any atom is -0.374 e. The van der Waals surface area contributed by atoms with Gasteiger partial charge in [-0.2, -0.15) is 13.2 Å². The second-order valence-electron chi connectivity index (χ2n) is 5.74. The molecular formula is C16H16BrF4N3O2. The van der Waals surface area contributed by atoms with Gasteiger partial charge in [0.05, 0.1) is 10.9 Å². The molecule has 0 fully saturated rings. The molecule has 1 atom stereocenters. The van der Waals surface area contributed by atoms with Gasteiger partial charge in [-0.15, -0.1) is 0 Å². The molecule has 0 saturated heterocycles. The number of alkyl halides is 3. The van der Waals surface area contributed by atoms with Crippen molar-refractivity contribution in [2.45, 2.75) is 24.6 Å². The van der Waals surface area contributed by atoms with Crippen molar-refractivity contribution in [2.24, 2.45) is 7.05 Å². The zero-order valence-corrected chi connectivity index (χ0v) is 15.2. The van der Waals surface area contributed by atoms with Crippen LogP contribution in [0.3, 0.4) is 0 Å². The van der Waals surface area contributed by atoms with Crippen molar-refractivity contribution in [3.8, 4) is 0 Å². The second kappa shape index (κ2) is 7.75. The quantitative estimate of drug-likeness (QED) is 0.682. The van der Waals surface area contributed by atoms with Crippen molar-refractivity contribution in [1.29, 1.82) is 0 Å². The molecule has 0 saturated carbocycles. The van der Waals surface area contributed by atoms with E-state index in [9.17, 15) is 27.5 Å². The average Bonchev–Trinajstić information content (AvgIpc) is 2.96. The number of carbonyl (C=O) groups is 1. The molecule has 1 heterocycles. The molecule has 10 heteroatoms. The molecule has 2 aromatic rings. The first kappa shape index (κ1) is 20.4. The van der Waals surface area contributed by atoms with Gasteiger partial charge < -0.3 is 15.0 Å². The normalized spacial score (nSPS) is 14.1. The largest absolute Gasteiger partial charge is 0.425 e. The summed E-state index contributed by atoms with van der Waals surface area (Å²) in [6.45, 7) is 0.0331. The Hall–Kier alpha value is -1.94. The van der Waals surface area contributed by atoms with Crippen LogP contribution in [0.25, 0.3) is 0 Å². The van der Waals surface area contributed by atoms with Gasteiger partial charge >= 0.3 is 6.18 Å². The van der Waals surface area contributed by atoms with Crippen molar-refractivity contribution in [3.05, 3.63) is 52.3 Å². The number of carbonyl (C=O) groups excluding carboxylic acids is 1.